The summed E-state index contributed by atoms with van der Waals surface area (Å²) in [7, 11) is 1.50. The first-order valence-corrected chi connectivity index (χ1v) is 7.83. The van der Waals surface area contributed by atoms with Crippen LogP contribution in [0.3, 0.4) is 0 Å². The highest BCUT2D eigenvalue weighted by molar-refractivity contribution is 6.30. The summed E-state index contributed by atoms with van der Waals surface area (Å²) in [6, 6.07) is 5.96. The third-order valence-corrected chi connectivity index (χ3v) is 3.77. The number of alkyl halides is 3. The van der Waals surface area contributed by atoms with Gasteiger partial charge >= 0.3 is 6.18 Å². The van der Waals surface area contributed by atoms with Gasteiger partial charge in [0.15, 0.2) is 0 Å². The van der Waals surface area contributed by atoms with E-state index in [1.54, 1.807) is 24.4 Å². The maximum Gasteiger partial charge on any atom is 0.417 e. The second-order valence-corrected chi connectivity index (χ2v) is 5.88. The van der Waals surface area contributed by atoms with Crippen molar-refractivity contribution < 1.29 is 18.0 Å². The second-order valence-electron chi connectivity index (χ2n) is 5.45. The van der Waals surface area contributed by atoms with Crippen molar-refractivity contribution in [3.05, 3.63) is 52.9 Å². The molecule has 2 N–H and O–H groups in total. The van der Waals surface area contributed by atoms with Crippen LogP contribution in [-0.2, 0) is 17.4 Å². The Balaban J connectivity index is 1.80. The number of anilines is 2. The lowest BCUT2D eigenvalue weighted by Crippen LogP contribution is -2.17. The van der Waals surface area contributed by atoms with Crippen LogP contribution in [0.2, 0.25) is 5.02 Å². The van der Waals surface area contributed by atoms with Gasteiger partial charge in [-0.2, -0.15) is 18.3 Å². The zero-order valence-electron chi connectivity index (χ0n) is 13.4. The van der Waals surface area contributed by atoms with Crippen LogP contribution in [0, 0.1) is 0 Å². The smallest absolute Gasteiger partial charge is 0.371 e. The first-order valence-electron chi connectivity index (χ1n) is 7.45. The molecular weight excluding hydrogens is 371 g/mol. The van der Waals surface area contributed by atoms with Crippen molar-refractivity contribution in [1.82, 2.24) is 14.6 Å². The van der Waals surface area contributed by atoms with Gasteiger partial charge in [0.25, 0.3) is 0 Å². The van der Waals surface area contributed by atoms with Gasteiger partial charge in [-0.3, -0.25) is 4.79 Å². The molecule has 1 amide bonds. The SMILES string of the molecule is CNc1ncc(C(F)(F)F)cc1NC(=O)Cc1cc2ccc(Cl)cn2n1. The molecule has 0 aromatic carbocycles. The quantitative estimate of drug-likeness (QED) is 0.721. The summed E-state index contributed by atoms with van der Waals surface area (Å²) in [5.41, 5.74) is 0.192. The first-order chi connectivity index (χ1) is 12.3. The fraction of sp³-hybridized carbons (Fsp3) is 0.188. The number of hydrogen-bond acceptors (Lipinski definition) is 4. The van der Waals surface area contributed by atoms with Crippen LogP contribution in [0.4, 0.5) is 24.7 Å². The average molecular weight is 384 g/mol. The third kappa shape index (κ3) is 3.88. The number of nitrogens with one attached hydrogen (secondary N) is 2. The van der Waals surface area contributed by atoms with Crippen molar-refractivity contribution in [2.45, 2.75) is 12.6 Å². The first kappa shape index (κ1) is 18.0. The number of nitrogens with zero attached hydrogens (tertiary/aromatic N) is 3. The number of amides is 1. The van der Waals surface area contributed by atoms with Crippen LogP contribution in [0.5, 0.6) is 0 Å². The second kappa shape index (κ2) is 6.83. The van der Waals surface area contributed by atoms with Crippen LogP contribution in [0.25, 0.3) is 5.52 Å². The molecule has 0 atom stereocenters. The van der Waals surface area contributed by atoms with E-state index in [1.165, 1.54) is 11.6 Å². The van der Waals surface area contributed by atoms with E-state index in [0.717, 1.165) is 11.6 Å². The normalized spacial score (nSPS) is 11.6. The number of rotatable bonds is 4. The Hall–Kier alpha value is -2.81. The summed E-state index contributed by atoms with van der Waals surface area (Å²) >= 11 is 5.88. The molecule has 0 aliphatic carbocycles. The lowest BCUT2D eigenvalue weighted by molar-refractivity contribution is -0.137. The molecule has 10 heteroatoms. The molecule has 3 rings (SSSR count). The van der Waals surface area contributed by atoms with Crippen molar-refractivity contribution in [1.29, 1.82) is 0 Å². The van der Waals surface area contributed by atoms with Crippen LogP contribution >= 0.6 is 11.6 Å². The van der Waals surface area contributed by atoms with E-state index < -0.39 is 17.6 Å². The van der Waals surface area contributed by atoms with Crippen molar-refractivity contribution >= 4 is 34.5 Å². The van der Waals surface area contributed by atoms with Gasteiger partial charge in [0, 0.05) is 19.4 Å². The number of carbonyl (C=O) groups excluding carboxylic acids is 1. The summed E-state index contributed by atoms with van der Waals surface area (Å²) in [5.74, 6) is -0.384. The minimum atomic E-state index is -4.56. The highest BCUT2D eigenvalue weighted by Crippen LogP contribution is 2.32. The molecule has 0 radical (unpaired) electrons. The van der Waals surface area contributed by atoms with Gasteiger partial charge in [-0.25, -0.2) is 9.50 Å². The summed E-state index contributed by atoms with van der Waals surface area (Å²) in [5, 5.41) is 9.79. The van der Waals surface area contributed by atoms with Crippen LogP contribution in [0.15, 0.2) is 36.7 Å². The fourth-order valence-corrected chi connectivity index (χ4v) is 2.53. The minimum absolute atomic E-state index is 0.0564. The van der Waals surface area contributed by atoms with E-state index >= 15 is 0 Å². The van der Waals surface area contributed by atoms with Crippen LogP contribution in [-0.4, -0.2) is 27.6 Å². The third-order valence-electron chi connectivity index (χ3n) is 3.54. The van der Waals surface area contributed by atoms with Crippen molar-refractivity contribution in [3.8, 4) is 0 Å². The largest absolute Gasteiger partial charge is 0.417 e. The van der Waals surface area contributed by atoms with E-state index in [-0.39, 0.29) is 17.9 Å². The molecule has 0 bridgehead atoms. The van der Waals surface area contributed by atoms with Gasteiger partial charge in [0.05, 0.1) is 33.9 Å². The van der Waals surface area contributed by atoms with Gasteiger partial charge in [-0.05, 0) is 24.3 Å². The van der Waals surface area contributed by atoms with Gasteiger partial charge in [-0.1, -0.05) is 11.6 Å². The predicted octanol–water partition coefficient (Wildman–Crippen LogP) is 3.62. The lowest BCUT2D eigenvalue weighted by atomic mass is 10.2. The molecule has 0 aliphatic heterocycles. The van der Waals surface area contributed by atoms with E-state index in [2.05, 4.69) is 20.7 Å². The minimum Gasteiger partial charge on any atom is -0.371 e. The summed E-state index contributed by atoms with van der Waals surface area (Å²) < 4.78 is 40.0. The Morgan fingerprint density at radius 2 is 2.08 bits per heavy atom. The summed E-state index contributed by atoms with van der Waals surface area (Å²) in [6.45, 7) is 0. The molecule has 0 unspecified atom stereocenters. The topological polar surface area (TPSA) is 71.3 Å². The molecule has 26 heavy (non-hydrogen) atoms. The molecule has 0 saturated carbocycles. The van der Waals surface area contributed by atoms with E-state index in [4.69, 9.17) is 11.6 Å². The number of hydrogen-bond donors (Lipinski definition) is 2. The Bertz CT molecular complexity index is 970. The molecule has 136 valence electrons. The predicted molar refractivity (Wildman–Crippen MR) is 91.3 cm³/mol. The van der Waals surface area contributed by atoms with E-state index in [1.807, 2.05) is 0 Å². The Morgan fingerprint density at radius 3 is 2.77 bits per heavy atom. The van der Waals surface area contributed by atoms with Crippen molar-refractivity contribution in [3.63, 3.8) is 0 Å². The Kier molecular flexibility index (Phi) is 4.73. The van der Waals surface area contributed by atoms with Gasteiger partial charge < -0.3 is 10.6 Å². The zero-order chi connectivity index (χ0) is 18.9. The number of fused-ring (bicyclic) bond motifs is 1. The van der Waals surface area contributed by atoms with Gasteiger partial charge in [0.2, 0.25) is 5.91 Å². The monoisotopic (exact) mass is 383 g/mol. The number of carbonyl (C=O) groups is 1. The highest BCUT2D eigenvalue weighted by atomic mass is 35.5. The molecule has 3 heterocycles. The molecule has 3 aromatic heterocycles. The highest BCUT2D eigenvalue weighted by Gasteiger charge is 2.32. The fourth-order valence-electron chi connectivity index (χ4n) is 2.37. The van der Waals surface area contributed by atoms with E-state index in [0.29, 0.717) is 16.9 Å². The van der Waals surface area contributed by atoms with Crippen LogP contribution < -0.4 is 10.6 Å². The average Bonchev–Trinajstić information content (AvgIpc) is 2.94. The molecule has 3 aromatic rings. The van der Waals surface area contributed by atoms with Crippen molar-refractivity contribution in [2.75, 3.05) is 17.7 Å². The van der Waals surface area contributed by atoms with Gasteiger partial charge in [-0.15, -0.1) is 0 Å². The zero-order valence-corrected chi connectivity index (χ0v) is 14.2. The molecule has 0 saturated heterocycles. The number of pyridine rings is 2. The Morgan fingerprint density at radius 1 is 1.31 bits per heavy atom. The number of halogens is 4. The lowest BCUT2D eigenvalue weighted by Gasteiger charge is -2.13. The maximum atomic E-state index is 12.8. The molecular formula is C16H13ClF3N5O. The van der Waals surface area contributed by atoms with Crippen molar-refractivity contribution in [2.24, 2.45) is 0 Å². The Labute approximate surface area is 151 Å². The summed E-state index contributed by atoms with van der Waals surface area (Å²) in [6.07, 6.45) is -2.38. The van der Waals surface area contributed by atoms with E-state index in [9.17, 15) is 18.0 Å². The molecule has 0 spiro atoms. The molecule has 6 nitrogen and oxygen atoms in total. The standard InChI is InChI=1S/C16H13ClF3N5O/c1-21-15-13(4-9(7-22-15)16(18,19)20)23-14(26)6-11-5-12-3-2-10(17)8-25(12)24-11/h2-5,7-8H,6H2,1H3,(H,21,22)(H,23,26). The van der Waals surface area contributed by atoms with Crippen LogP contribution in [0.1, 0.15) is 11.3 Å². The number of aromatic nitrogens is 3. The molecule has 0 fully saturated rings. The van der Waals surface area contributed by atoms with Gasteiger partial charge in [0.1, 0.15) is 5.82 Å². The maximum absolute atomic E-state index is 12.8. The molecule has 0 aliphatic rings. The summed E-state index contributed by atoms with van der Waals surface area (Å²) in [4.78, 5) is 15.9.